The summed E-state index contributed by atoms with van der Waals surface area (Å²) in [5, 5.41) is 19.2. The molecule has 1 N–H and O–H groups in total. The van der Waals surface area contributed by atoms with Crippen molar-refractivity contribution in [2.45, 2.75) is 46.0 Å². The Morgan fingerprint density at radius 2 is 1.74 bits per heavy atom. The maximum absolute atomic E-state index is 11.8. The van der Waals surface area contributed by atoms with Crippen LogP contribution in [0, 0.1) is 17.2 Å². The van der Waals surface area contributed by atoms with Crippen LogP contribution in [0.1, 0.15) is 56.2 Å². The lowest BCUT2D eigenvalue weighted by molar-refractivity contribution is -0.132. The summed E-state index contributed by atoms with van der Waals surface area (Å²) in [4.78, 5) is 11.8. The van der Waals surface area contributed by atoms with Gasteiger partial charge in [0.1, 0.15) is 11.6 Å². The van der Waals surface area contributed by atoms with Gasteiger partial charge >= 0.3 is 5.97 Å². The quantitative estimate of drug-likeness (QED) is 0.450. The van der Waals surface area contributed by atoms with Gasteiger partial charge in [-0.1, -0.05) is 94.1 Å². The van der Waals surface area contributed by atoms with Gasteiger partial charge in [0, 0.05) is 5.57 Å². The molecule has 3 nitrogen and oxygen atoms in total. The lowest BCUT2D eigenvalue weighted by atomic mass is 9.85. The first-order valence-electron chi connectivity index (χ1n) is 9.63. The van der Waals surface area contributed by atoms with Gasteiger partial charge in [-0.2, -0.15) is 5.26 Å². The highest BCUT2D eigenvalue weighted by molar-refractivity contribution is 6.04. The van der Waals surface area contributed by atoms with Crippen LogP contribution in [0.15, 0.2) is 60.2 Å². The van der Waals surface area contributed by atoms with E-state index in [9.17, 15) is 15.2 Å². The molecule has 1 atom stereocenters. The Morgan fingerprint density at radius 1 is 1.07 bits per heavy atom. The Kier molecular flexibility index (Phi) is 7.82. The molecule has 0 aliphatic rings. The molecule has 0 saturated carbocycles. The number of hydrogen-bond donors (Lipinski definition) is 1. The number of hydrogen-bond acceptors (Lipinski definition) is 2. The molecule has 140 valence electrons. The fraction of sp³-hybridized carbons (Fsp3) is 0.333. The molecule has 2 aromatic rings. The first-order chi connectivity index (χ1) is 13.1. The summed E-state index contributed by atoms with van der Waals surface area (Å²) in [6, 6.07) is 19.1. The first kappa shape index (κ1) is 20.5. The van der Waals surface area contributed by atoms with Crippen LogP contribution in [0.5, 0.6) is 0 Å². The molecule has 0 amide bonds. The number of carboxylic acid groups (broad SMARTS) is 1. The van der Waals surface area contributed by atoms with Gasteiger partial charge in [-0.3, -0.25) is 0 Å². The lowest BCUT2D eigenvalue weighted by Gasteiger charge is -2.19. The van der Waals surface area contributed by atoms with Gasteiger partial charge in [0.25, 0.3) is 0 Å². The number of rotatable bonds is 9. The highest BCUT2D eigenvalue weighted by Gasteiger charge is 2.21. The summed E-state index contributed by atoms with van der Waals surface area (Å²) < 4.78 is 0. The molecule has 0 aliphatic heterocycles. The third-order valence-corrected chi connectivity index (χ3v) is 4.98. The van der Waals surface area contributed by atoms with Gasteiger partial charge < -0.3 is 5.11 Å². The second-order valence-electron chi connectivity index (χ2n) is 6.81. The summed E-state index contributed by atoms with van der Waals surface area (Å²) in [6.07, 6.45) is 5.51. The minimum atomic E-state index is -1.19. The zero-order valence-corrected chi connectivity index (χ0v) is 16.1. The summed E-state index contributed by atoms with van der Waals surface area (Å²) in [5.74, 6) is -0.636. The molecule has 0 unspecified atom stereocenters. The van der Waals surface area contributed by atoms with Gasteiger partial charge in [-0.15, -0.1) is 0 Å². The van der Waals surface area contributed by atoms with Crippen LogP contribution >= 0.6 is 0 Å². The summed E-state index contributed by atoms with van der Waals surface area (Å²) >= 11 is 0. The topological polar surface area (TPSA) is 61.1 Å². The number of nitriles is 1. The van der Waals surface area contributed by atoms with Crippen LogP contribution in [0.4, 0.5) is 0 Å². The number of benzene rings is 2. The van der Waals surface area contributed by atoms with Crippen LogP contribution in [-0.2, 0) is 11.2 Å². The molecular weight excluding hydrogens is 334 g/mol. The molecular formula is C24H27NO2. The minimum Gasteiger partial charge on any atom is -0.477 e. The van der Waals surface area contributed by atoms with Crippen LogP contribution in [0.3, 0.4) is 0 Å². The van der Waals surface area contributed by atoms with Gasteiger partial charge in [0.2, 0.25) is 0 Å². The number of carboxylic acids is 1. The number of nitrogens with zero attached hydrogens (tertiary/aromatic N) is 1. The van der Waals surface area contributed by atoms with E-state index in [0.717, 1.165) is 36.0 Å². The van der Waals surface area contributed by atoms with Crippen LogP contribution in [-0.4, -0.2) is 11.1 Å². The molecule has 0 saturated heterocycles. The zero-order chi connectivity index (χ0) is 19.6. The van der Waals surface area contributed by atoms with E-state index in [1.807, 2.05) is 54.6 Å². The largest absolute Gasteiger partial charge is 0.477 e. The third-order valence-electron chi connectivity index (χ3n) is 4.98. The molecule has 3 heteroatoms. The maximum Gasteiger partial charge on any atom is 0.347 e. The first-order valence-corrected chi connectivity index (χ1v) is 9.63. The predicted octanol–water partition coefficient (Wildman–Crippen LogP) is 5.86. The average Bonchev–Trinajstić information content (AvgIpc) is 2.70. The monoisotopic (exact) mass is 361 g/mol. The Hall–Kier alpha value is -2.86. The maximum atomic E-state index is 11.8. The van der Waals surface area contributed by atoms with Crippen molar-refractivity contribution in [1.29, 1.82) is 5.26 Å². The zero-order valence-electron chi connectivity index (χ0n) is 16.1. The fourth-order valence-corrected chi connectivity index (χ4v) is 3.45. The van der Waals surface area contributed by atoms with E-state index in [0.29, 0.717) is 11.5 Å². The summed E-state index contributed by atoms with van der Waals surface area (Å²) in [5.41, 5.74) is 3.00. The van der Waals surface area contributed by atoms with Gasteiger partial charge in [-0.05, 0) is 29.0 Å². The SMILES string of the molecule is CCCC[C@@H](CC)Cc1ccccc1/C(=C(\C#N)C(=O)O)c1ccccc1. The molecule has 0 aliphatic carbocycles. The summed E-state index contributed by atoms with van der Waals surface area (Å²) in [6.45, 7) is 4.40. The Labute approximate surface area is 162 Å². The number of carbonyl (C=O) groups is 1. The molecule has 27 heavy (non-hydrogen) atoms. The van der Waals surface area contributed by atoms with E-state index in [-0.39, 0.29) is 5.57 Å². The molecule has 0 fully saturated rings. The lowest BCUT2D eigenvalue weighted by Crippen LogP contribution is -2.09. The van der Waals surface area contributed by atoms with E-state index < -0.39 is 5.97 Å². The van der Waals surface area contributed by atoms with E-state index in [1.165, 1.54) is 12.8 Å². The van der Waals surface area contributed by atoms with Gasteiger partial charge in [0.05, 0.1) is 0 Å². The molecule has 0 aromatic heterocycles. The number of aliphatic carboxylic acids is 1. The molecule has 0 radical (unpaired) electrons. The van der Waals surface area contributed by atoms with Gasteiger partial charge in [0.15, 0.2) is 0 Å². The highest BCUT2D eigenvalue weighted by atomic mass is 16.4. The molecule has 0 bridgehead atoms. The summed E-state index contributed by atoms with van der Waals surface area (Å²) in [7, 11) is 0. The Balaban J connectivity index is 2.58. The molecule has 2 rings (SSSR count). The van der Waals surface area contributed by atoms with E-state index in [4.69, 9.17) is 0 Å². The fourth-order valence-electron chi connectivity index (χ4n) is 3.45. The second-order valence-corrected chi connectivity index (χ2v) is 6.81. The third kappa shape index (κ3) is 5.31. The normalized spacial score (nSPS) is 12.8. The average molecular weight is 361 g/mol. The van der Waals surface area contributed by atoms with E-state index >= 15 is 0 Å². The standard InChI is InChI=1S/C24H27NO2/c1-3-5-11-18(4-2)16-20-14-9-10-15-21(20)23(22(17-25)24(26)27)19-12-7-6-8-13-19/h6-10,12-15,18H,3-5,11,16H2,1-2H3,(H,26,27)/b23-22+/t18-/m1/s1. The van der Waals surface area contributed by atoms with E-state index in [2.05, 4.69) is 19.9 Å². The Bertz CT molecular complexity index is 831. The smallest absolute Gasteiger partial charge is 0.347 e. The van der Waals surface area contributed by atoms with Crippen molar-refractivity contribution in [2.24, 2.45) is 5.92 Å². The second kappa shape index (κ2) is 10.3. The van der Waals surface area contributed by atoms with Crippen molar-refractivity contribution < 1.29 is 9.90 Å². The van der Waals surface area contributed by atoms with E-state index in [1.54, 1.807) is 0 Å². The van der Waals surface area contributed by atoms with Gasteiger partial charge in [-0.25, -0.2) is 4.79 Å². The van der Waals surface area contributed by atoms with Crippen LogP contribution in [0.2, 0.25) is 0 Å². The Morgan fingerprint density at radius 3 is 2.33 bits per heavy atom. The number of unbranched alkanes of at least 4 members (excludes halogenated alkanes) is 1. The van der Waals surface area contributed by atoms with Crippen LogP contribution in [0.25, 0.3) is 5.57 Å². The van der Waals surface area contributed by atoms with Crippen LogP contribution < -0.4 is 0 Å². The highest BCUT2D eigenvalue weighted by Crippen LogP contribution is 2.32. The van der Waals surface area contributed by atoms with Crippen molar-refractivity contribution in [3.63, 3.8) is 0 Å². The van der Waals surface area contributed by atoms with Crippen molar-refractivity contribution in [1.82, 2.24) is 0 Å². The molecule has 0 spiro atoms. The van der Waals surface area contributed by atoms with Crippen molar-refractivity contribution in [3.05, 3.63) is 76.9 Å². The molecule has 2 aromatic carbocycles. The minimum absolute atomic E-state index is 0.213. The molecule has 0 heterocycles. The predicted molar refractivity (Wildman–Crippen MR) is 109 cm³/mol. The van der Waals surface area contributed by atoms with Crippen molar-refractivity contribution >= 4 is 11.5 Å². The van der Waals surface area contributed by atoms with Crippen molar-refractivity contribution in [2.75, 3.05) is 0 Å². The van der Waals surface area contributed by atoms with Crippen molar-refractivity contribution in [3.8, 4) is 6.07 Å².